The summed E-state index contributed by atoms with van der Waals surface area (Å²) in [6.07, 6.45) is 0. The van der Waals surface area contributed by atoms with Gasteiger partial charge in [-0.3, -0.25) is 0 Å². The second-order valence-corrected chi connectivity index (χ2v) is 4.11. The number of carbonyl (C=O) groups is 1. The number of aromatic carboxylic acids is 1. The van der Waals surface area contributed by atoms with Crippen molar-refractivity contribution < 1.29 is 9.90 Å². The standard InChI is InChI=1S/C13H14N2O2/c1-7-5-4-6-10(8(7)2)12-14-9(3)11(15-12)13(16)17/h4-6H,1-3H3,(H,14,15)(H,16,17). The quantitative estimate of drug-likeness (QED) is 0.833. The smallest absolute Gasteiger partial charge is 0.356 e. The third-order valence-electron chi connectivity index (χ3n) is 2.95. The van der Waals surface area contributed by atoms with Gasteiger partial charge in [0.2, 0.25) is 0 Å². The number of benzene rings is 1. The summed E-state index contributed by atoms with van der Waals surface area (Å²) in [4.78, 5) is 18.1. The maximum atomic E-state index is 10.9. The highest BCUT2D eigenvalue weighted by molar-refractivity contribution is 5.87. The van der Waals surface area contributed by atoms with Crippen molar-refractivity contribution in [3.8, 4) is 11.4 Å². The predicted octanol–water partition coefficient (Wildman–Crippen LogP) is 2.70. The van der Waals surface area contributed by atoms with Gasteiger partial charge in [0.05, 0.1) is 0 Å². The van der Waals surface area contributed by atoms with Crippen LogP contribution in [0.2, 0.25) is 0 Å². The summed E-state index contributed by atoms with van der Waals surface area (Å²) < 4.78 is 0. The first kappa shape index (κ1) is 11.4. The molecule has 0 spiro atoms. The Balaban J connectivity index is 2.58. The molecule has 4 nitrogen and oxygen atoms in total. The van der Waals surface area contributed by atoms with Gasteiger partial charge in [-0.05, 0) is 31.9 Å². The first-order valence-electron chi connectivity index (χ1n) is 5.37. The second-order valence-electron chi connectivity index (χ2n) is 4.11. The van der Waals surface area contributed by atoms with Gasteiger partial charge in [0.25, 0.3) is 0 Å². The molecule has 1 heterocycles. The molecule has 0 amide bonds. The molecule has 0 unspecified atom stereocenters. The number of hydrogen-bond acceptors (Lipinski definition) is 2. The molecule has 2 aromatic rings. The highest BCUT2D eigenvalue weighted by Gasteiger charge is 2.15. The molecule has 0 aliphatic heterocycles. The summed E-state index contributed by atoms with van der Waals surface area (Å²) in [5.74, 6) is -0.392. The van der Waals surface area contributed by atoms with Crippen molar-refractivity contribution in [3.63, 3.8) is 0 Å². The van der Waals surface area contributed by atoms with Crippen LogP contribution in [0.1, 0.15) is 27.3 Å². The lowest BCUT2D eigenvalue weighted by Crippen LogP contribution is -1.98. The molecule has 0 radical (unpaired) electrons. The summed E-state index contributed by atoms with van der Waals surface area (Å²) in [6.45, 7) is 5.74. The third kappa shape index (κ3) is 1.93. The number of aromatic nitrogens is 2. The van der Waals surface area contributed by atoms with E-state index in [1.807, 2.05) is 32.0 Å². The topological polar surface area (TPSA) is 66.0 Å². The van der Waals surface area contributed by atoms with Gasteiger partial charge in [0.15, 0.2) is 5.69 Å². The van der Waals surface area contributed by atoms with Gasteiger partial charge < -0.3 is 10.1 Å². The summed E-state index contributed by atoms with van der Waals surface area (Å²) in [6, 6.07) is 5.90. The molecule has 0 bridgehead atoms. The van der Waals surface area contributed by atoms with Crippen molar-refractivity contribution >= 4 is 5.97 Å². The minimum atomic E-state index is -1.00. The SMILES string of the molecule is Cc1cccc(-c2nc(C(=O)O)c(C)[nH]2)c1C. The largest absolute Gasteiger partial charge is 0.476 e. The second kappa shape index (κ2) is 4.05. The highest BCUT2D eigenvalue weighted by Crippen LogP contribution is 2.23. The van der Waals surface area contributed by atoms with Crippen LogP contribution >= 0.6 is 0 Å². The molecule has 1 aromatic heterocycles. The fourth-order valence-corrected chi connectivity index (χ4v) is 1.80. The van der Waals surface area contributed by atoms with E-state index in [4.69, 9.17) is 5.11 Å². The van der Waals surface area contributed by atoms with Crippen LogP contribution in [-0.2, 0) is 0 Å². The monoisotopic (exact) mass is 230 g/mol. The van der Waals surface area contributed by atoms with E-state index in [1.54, 1.807) is 6.92 Å². The number of carboxylic acid groups (broad SMARTS) is 1. The minimum Gasteiger partial charge on any atom is -0.476 e. The summed E-state index contributed by atoms with van der Waals surface area (Å²) >= 11 is 0. The molecule has 4 heteroatoms. The van der Waals surface area contributed by atoms with E-state index in [0.29, 0.717) is 11.5 Å². The average molecular weight is 230 g/mol. The molecule has 17 heavy (non-hydrogen) atoms. The third-order valence-corrected chi connectivity index (χ3v) is 2.95. The number of imidazole rings is 1. The van der Waals surface area contributed by atoms with Gasteiger partial charge in [-0.2, -0.15) is 0 Å². The summed E-state index contributed by atoms with van der Waals surface area (Å²) in [5, 5.41) is 8.97. The predicted molar refractivity (Wildman–Crippen MR) is 65.2 cm³/mol. The van der Waals surface area contributed by atoms with E-state index >= 15 is 0 Å². The molecule has 0 atom stereocenters. The van der Waals surface area contributed by atoms with Crippen LogP contribution in [0.25, 0.3) is 11.4 Å². The number of hydrogen-bond donors (Lipinski definition) is 2. The van der Waals surface area contributed by atoms with E-state index in [-0.39, 0.29) is 5.69 Å². The molecule has 0 aliphatic rings. The molecule has 2 N–H and O–H groups in total. The maximum Gasteiger partial charge on any atom is 0.356 e. The number of aromatic amines is 1. The van der Waals surface area contributed by atoms with Gasteiger partial charge in [0.1, 0.15) is 5.82 Å². The Kier molecular flexibility index (Phi) is 2.71. The van der Waals surface area contributed by atoms with Crippen molar-refractivity contribution in [2.75, 3.05) is 0 Å². The summed E-state index contributed by atoms with van der Waals surface area (Å²) in [5.41, 5.74) is 3.88. The van der Waals surface area contributed by atoms with Crippen molar-refractivity contribution in [2.24, 2.45) is 0 Å². The highest BCUT2D eigenvalue weighted by atomic mass is 16.4. The lowest BCUT2D eigenvalue weighted by molar-refractivity contribution is 0.0690. The van der Waals surface area contributed by atoms with E-state index in [1.165, 1.54) is 0 Å². The molecule has 2 rings (SSSR count). The molecule has 0 saturated carbocycles. The van der Waals surface area contributed by atoms with Crippen LogP contribution < -0.4 is 0 Å². The first-order valence-corrected chi connectivity index (χ1v) is 5.37. The number of aryl methyl sites for hydroxylation is 2. The van der Waals surface area contributed by atoms with E-state index in [9.17, 15) is 4.79 Å². The van der Waals surface area contributed by atoms with Gasteiger partial charge in [-0.25, -0.2) is 9.78 Å². The zero-order chi connectivity index (χ0) is 12.6. The normalized spacial score (nSPS) is 10.5. The Hall–Kier alpha value is -2.10. The minimum absolute atomic E-state index is 0.0842. The van der Waals surface area contributed by atoms with Crippen LogP contribution in [0.4, 0.5) is 0 Å². The van der Waals surface area contributed by atoms with Crippen LogP contribution in [0.5, 0.6) is 0 Å². The summed E-state index contributed by atoms with van der Waals surface area (Å²) in [7, 11) is 0. The van der Waals surface area contributed by atoms with E-state index in [2.05, 4.69) is 9.97 Å². The fourth-order valence-electron chi connectivity index (χ4n) is 1.80. The first-order chi connectivity index (χ1) is 8.00. The van der Waals surface area contributed by atoms with Crippen molar-refractivity contribution in [2.45, 2.75) is 20.8 Å². The number of H-pyrrole nitrogens is 1. The Morgan fingerprint density at radius 1 is 1.29 bits per heavy atom. The number of nitrogens with one attached hydrogen (secondary N) is 1. The Morgan fingerprint density at radius 3 is 2.59 bits per heavy atom. The molecule has 0 fully saturated rings. The molecule has 0 aliphatic carbocycles. The lowest BCUT2D eigenvalue weighted by atomic mass is 10.0. The van der Waals surface area contributed by atoms with E-state index < -0.39 is 5.97 Å². The Bertz CT molecular complexity index is 585. The number of carboxylic acids is 1. The Labute approximate surface area is 99.3 Å². The lowest BCUT2D eigenvalue weighted by Gasteiger charge is -2.05. The van der Waals surface area contributed by atoms with Gasteiger partial charge in [-0.15, -0.1) is 0 Å². The van der Waals surface area contributed by atoms with E-state index in [0.717, 1.165) is 16.7 Å². The zero-order valence-electron chi connectivity index (χ0n) is 10.0. The van der Waals surface area contributed by atoms with Crippen LogP contribution in [0.15, 0.2) is 18.2 Å². The average Bonchev–Trinajstić information content (AvgIpc) is 2.64. The maximum absolute atomic E-state index is 10.9. The number of nitrogens with zero attached hydrogens (tertiary/aromatic N) is 1. The molecule has 0 saturated heterocycles. The molecular formula is C13H14N2O2. The number of rotatable bonds is 2. The van der Waals surface area contributed by atoms with Crippen molar-refractivity contribution in [1.82, 2.24) is 9.97 Å². The van der Waals surface area contributed by atoms with Crippen LogP contribution in [0.3, 0.4) is 0 Å². The van der Waals surface area contributed by atoms with Crippen molar-refractivity contribution in [1.29, 1.82) is 0 Å². The fraction of sp³-hybridized carbons (Fsp3) is 0.231. The molecule has 88 valence electrons. The zero-order valence-corrected chi connectivity index (χ0v) is 10.0. The Morgan fingerprint density at radius 2 is 2.00 bits per heavy atom. The van der Waals surface area contributed by atoms with Crippen LogP contribution in [0, 0.1) is 20.8 Å². The van der Waals surface area contributed by atoms with Gasteiger partial charge in [-0.1, -0.05) is 18.2 Å². The molecule has 1 aromatic carbocycles. The van der Waals surface area contributed by atoms with Gasteiger partial charge >= 0.3 is 5.97 Å². The van der Waals surface area contributed by atoms with Crippen LogP contribution in [-0.4, -0.2) is 21.0 Å². The van der Waals surface area contributed by atoms with Gasteiger partial charge in [0, 0.05) is 11.3 Å². The van der Waals surface area contributed by atoms with Crippen molar-refractivity contribution in [3.05, 3.63) is 40.7 Å². The molecular weight excluding hydrogens is 216 g/mol.